The van der Waals surface area contributed by atoms with Gasteiger partial charge in [-0.15, -0.1) is 0 Å². The third-order valence-electron chi connectivity index (χ3n) is 6.33. The molecule has 0 bridgehead atoms. The van der Waals surface area contributed by atoms with E-state index in [0.29, 0.717) is 18.4 Å². The molecule has 5 rings (SSSR count). The van der Waals surface area contributed by atoms with Crippen molar-refractivity contribution in [3.8, 4) is 0 Å². The lowest BCUT2D eigenvalue weighted by atomic mass is 9.92. The summed E-state index contributed by atoms with van der Waals surface area (Å²) in [7, 11) is 0. The molecule has 2 aliphatic heterocycles. The maximum atomic E-state index is 9.19. The zero-order valence-electron chi connectivity index (χ0n) is 16.6. The van der Waals surface area contributed by atoms with Gasteiger partial charge in [0.25, 0.3) is 0 Å². The molecule has 0 saturated carbocycles. The van der Waals surface area contributed by atoms with E-state index < -0.39 is 0 Å². The number of anilines is 2. The highest BCUT2D eigenvalue weighted by atomic mass is 16.3. The summed E-state index contributed by atoms with van der Waals surface area (Å²) >= 11 is 0. The number of aliphatic hydroxyl groups is 1. The van der Waals surface area contributed by atoms with E-state index in [1.165, 1.54) is 5.39 Å². The fourth-order valence-electron chi connectivity index (χ4n) is 4.56. The molecule has 2 fully saturated rings. The van der Waals surface area contributed by atoms with Crippen LogP contribution in [0.1, 0.15) is 30.9 Å². The van der Waals surface area contributed by atoms with Crippen LogP contribution in [0, 0.1) is 5.92 Å². The standard InChI is InChI=1S/C23H27N5O/c29-14-9-17-7-12-27(13-8-17)23-22(24-10-11-25-23)19-15-28(16-19)21-6-5-18-3-1-2-4-20(18)26-21/h1-6,10-11,17,19,29H,7-9,12-16H2. The smallest absolute Gasteiger partial charge is 0.150 e. The molecule has 6 nitrogen and oxygen atoms in total. The van der Waals surface area contributed by atoms with Gasteiger partial charge in [0.05, 0.1) is 11.2 Å². The van der Waals surface area contributed by atoms with Crippen LogP contribution >= 0.6 is 0 Å². The summed E-state index contributed by atoms with van der Waals surface area (Å²) in [5.41, 5.74) is 2.16. The molecule has 4 heterocycles. The summed E-state index contributed by atoms with van der Waals surface area (Å²) in [6, 6.07) is 12.5. The van der Waals surface area contributed by atoms with Gasteiger partial charge in [0.1, 0.15) is 5.82 Å². The van der Waals surface area contributed by atoms with Crippen LogP contribution in [0.2, 0.25) is 0 Å². The minimum atomic E-state index is 0.293. The molecule has 0 radical (unpaired) electrons. The van der Waals surface area contributed by atoms with Crippen molar-refractivity contribution in [2.24, 2.45) is 5.92 Å². The first kappa shape index (κ1) is 18.3. The Morgan fingerprint density at radius 1 is 0.931 bits per heavy atom. The van der Waals surface area contributed by atoms with Crippen molar-refractivity contribution in [2.45, 2.75) is 25.2 Å². The number of aromatic nitrogens is 3. The lowest BCUT2D eigenvalue weighted by molar-refractivity contribution is 0.240. The monoisotopic (exact) mass is 389 g/mol. The molecule has 1 N–H and O–H groups in total. The number of rotatable bonds is 5. The minimum absolute atomic E-state index is 0.293. The van der Waals surface area contributed by atoms with Gasteiger partial charge in [0, 0.05) is 56.5 Å². The maximum Gasteiger partial charge on any atom is 0.150 e. The molecule has 150 valence electrons. The molecule has 2 aromatic heterocycles. The van der Waals surface area contributed by atoms with E-state index in [2.05, 4.69) is 34.1 Å². The van der Waals surface area contributed by atoms with Crippen molar-refractivity contribution in [2.75, 3.05) is 42.6 Å². The van der Waals surface area contributed by atoms with Crippen molar-refractivity contribution < 1.29 is 5.11 Å². The number of aliphatic hydroxyl groups excluding tert-OH is 1. The highest BCUT2D eigenvalue weighted by Crippen LogP contribution is 2.35. The van der Waals surface area contributed by atoms with Crippen molar-refractivity contribution in [1.82, 2.24) is 15.0 Å². The minimum Gasteiger partial charge on any atom is -0.396 e. The molecule has 2 saturated heterocycles. The zero-order chi connectivity index (χ0) is 19.6. The van der Waals surface area contributed by atoms with Gasteiger partial charge in [-0.25, -0.2) is 9.97 Å². The zero-order valence-corrected chi connectivity index (χ0v) is 16.6. The number of hydrogen-bond acceptors (Lipinski definition) is 6. The molecule has 0 atom stereocenters. The number of para-hydroxylation sites is 1. The predicted octanol–water partition coefficient (Wildman–Crippen LogP) is 3.23. The summed E-state index contributed by atoms with van der Waals surface area (Å²) in [5.74, 6) is 3.11. The van der Waals surface area contributed by atoms with Crippen molar-refractivity contribution in [3.63, 3.8) is 0 Å². The van der Waals surface area contributed by atoms with Gasteiger partial charge in [-0.2, -0.15) is 0 Å². The number of fused-ring (bicyclic) bond motifs is 1. The average Bonchev–Trinajstić information content (AvgIpc) is 2.74. The van der Waals surface area contributed by atoms with Crippen LogP contribution in [0.3, 0.4) is 0 Å². The quantitative estimate of drug-likeness (QED) is 0.723. The van der Waals surface area contributed by atoms with Crippen molar-refractivity contribution in [3.05, 3.63) is 54.5 Å². The molecule has 3 aromatic rings. The fraction of sp³-hybridized carbons (Fsp3) is 0.435. The normalized spacial score (nSPS) is 18.2. The molecule has 2 aliphatic rings. The molecular formula is C23H27N5O. The van der Waals surface area contributed by atoms with E-state index in [-0.39, 0.29) is 0 Å². The Kier molecular flexibility index (Phi) is 5.02. The highest BCUT2D eigenvalue weighted by Gasteiger charge is 2.34. The highest BCUT2D eigenvalue weighted by molar-refractivity contribution is 5.80. The first-order chi connectivity index (χ1) is 14.3. The number of hydrogen-bond donors (Lipinski definition) is 1. The van der Waals surface area contributed by atoms with E-state index in [1.54, 1.807) is 6.20 Å². The van der Waals surface area contributed by atoms with E-state index >= 15 is 0 Å². The van der Waals surface area contributed by atoms with Gasteiger partial charge in [-0.1, -0.05) is 18.2 Å². The van der Waals surface area contributed by atoms with Gasteiger partial charge in [0.2, 0.25) is 0 Å². The predicted molar refractivity (Wildman–Crippen MR) is 115 cm³/mol. The third-order valence-corrected chi connectivity index (χ3v) is 6.33. The molecule has 0 aliphatic carbocycles. The van der Waals surface area contributed by atoms with E-state index in [4.69, 9.17) is 15.0 Å². The largest absolute Gasteiger partial charge is 0.396 e. The summed E-state index contributed by atoms with van der Waals surface area (Å²) in [4.78, 5) is 18.9. The van der Waals surface area contributed by atoms with Crippen molar-refractivity contribution in [1.29, 1.82) is 0 Å². The van der Waals surface area contributed by atoms with Gasteiger partial charge >= 0.3 is 0 Å². The number of benzene rings is 1. The number of pyridine rings is 1. The number of nitrogens with zero attached hydrogens (tertiary/aromatic N) is 5. The Labute approximate surface area is 171 Å². The van der Waals surface area contributed by atoms with E-state index in [1.807, 2.05) is 18.3 Å². The van der Waals surface area contributed by atoms with Gasteiger partial charge in [-0.3, -0.25) is 4.98 Å². The molecular weight excluding hydrogens is 362 g/mol. The van der Waals surface area contributed by atoms with Gasteiger partial charge < -0.3 is 14.9 Å². The molecule has 0 spiro atoms. The third kappa shape index (κ3) is 3.65. The Morgan fingerprint density at radius 2 is 1.72 bits per heavy atom. The SMILES string of the molecule is OCCC1CCN(c2nccnc2C2CN(c3ccc4ccccc4n3)C2)CC1. The fourth-order valence-corrected chi connectivity index (χ4v) is 4.56. The summed E-state index contributed by atoms with van der Waals surface area (Å²) in [6.45, 7) is 4.15. The first-order valence-electron chi connectivity index (χ1n) is 10.6. The van der Waals surface area contributed by atoms with E-state index in [0.717, 1.165) is 68.3 Å². The van der Waals surface area contributed by atoms with Crippen LogP contribution in [0.25, 0.3) is 10.9 Å². The van der Waals surface area contributed by atoms with E-state index in [9.17, 15) is 5.11 Å². The van der Waals surface area contributed by atoms with Crippen LogP contribution in [0.15, 0.2) is 48.8 Å². The number of piperidine rings is 1. The maximum absolute atomic E-state index is 9.19. The van der Waals surface area contributed by atoms with Crippen LogP contribution in [0.4, 0.5) is 11.6 Å². The van der Waals surface area contributed by atoms with Crippen LogP contribution in [-0.4, -0.2) is 52.8 Å². The average molecular weight is 390 g/mol. The summed E-state index contributed by atoms with van der Waals surface area (Å²) < 4.78 is 0. The molecule has 0 unspecified atom stereocenters. The topological polar surface area (TPSA) is 65.4 Å². The molecule has 29 heavy (non-hydrogen) atoms. The van der Waals surface area contributed by atoms with Gasteiger partial charge in [-0.05, 0) is 43.4 Å². The second-order valence-electron chi connectivity index (χ2n) is 8.17. The van der Waals surface area contributed by atoms with Gasteiger partial charge in [0.15, 0.2) is 5.82 Å². The Balaban J connectivity index is 1.28. The second-order valence-corrected chi connectivity index (χ2v) is 8.17. The molecule has 6 heteroatoms. The van der Waals surface area contributed by atoms with Crippen LogP contribution < -0.4 is 9.80 Å². The molecule has 1 aromatic carbocycles. The van der Waals surface area contributed by atoms with Crippen LogP contribution in [-0.2, 0) is 0 Å². The second kappa shape index (κ2) is 7.95. The molecule has 0 amide bonds. The lowest BCUT2D eigenvalue weighted by Crippen LogP contribution is -2.47. The Hall–Kier alpha value is -2.73. The Morgan fingerprint density at radius 3 is 2.55 bits per heavy atom. The lowest BCUT2D eigenvalue weighted by Gasteiger charge is -2.41. The van der Waals surface area contributed by atoms with Crippen LogP contribution in [0.5, 0.6) is 0 Å². The summed E-state index contributed by atoms with van der Waals surface area (Å²) in [6.07, 6.45) is 6.77. The Bertz CT molecular complexity index is 980. The summed E-state index contributed by atoms with van der Waals surface area (Å²) in [5, 5.41) is 10.4. The first-order valence-corrected chi connectivity index (χ1v) is 10.6. The van der Waals surface area contributed by atoms with Crippen molar-refractivity contribution >= 4 is 22.5 Å².